The lowest BCUT2D eigenvalue weighted by atomic mass is 9.48. The highest BCUT2D eigenvalue weighted by Gasteiger charge is 2.62. The Hall–Kier alpha value is -5.60. The van der Waals surface area contributed by atoms with Crippen LogP contribution in [0.25, 0.3) is 28.0 Å². The molecule has 1 saturated heterocycles. The van der Waals surface area contributed by atoms with E-state index in [0.29, 0.717) is 71.5 Å². The molecule has 4 bridgehead atoms. The molecule has 5 aliphatic rings. The number of rotatable bonds is 8. The number of pyridine rings is 1. The van der Waals surface area contributed by atoms with Crippen molar-refractivity contribution >= 4 is 28.7 Å². The zero-order valence-corrected chi connectivity index (χ0v) is 29.1. The van der Waals surface area contributed by atoms with E-state index in [1.165, 1.54) is 12.4 Å². The second-order valence-electron chi connectivity index (χ2n) is 15.0. The number of nitrogens with zero attached hydrogens (tertiary/aromatic N) is 7. The summed E-state index contributed by atoms with van der Waals surface area (Å²) in [5.74, 6) is -0.379. The Kier molecular flexibility index (Phi) is 8.27. The number of ether oxygens (including phenoxy) is 1. The van der Waals surface area contributed by atoms with E-state index >= 15 is 0 Å². The normalized spacial score (nSPS) is 25.2. The predicted molar refractivity (Wildman–Crippen MR) is 190 cm³/mol. The number of aliphatic carboxylic acids is 1. The van der Waals surface area contributed by atoms with E-state index in [-0.39, 0.29) is 23.6 Å². The molecule has 4 saturated carbocycles. The van der Waals surface area contributed by atoms with Crippen LogP contribution >= 0.6 is 0 Å². The number of benzene rings is 1. The van der Waals surface area contributed by atoms with Crippen LogP contribution in [-0.4, -0.2) is 71.2 Å². The van der Waals surface area contributed by atoms with E-state index in [1.54, 1.807) is 53.6 Å². The summed E-state index contributed by atoms with van der Waals surface area (Å²) in [5, 5.41) is 13.7. The van der Waals surface area contributed by atoms with Crippen molar-refractivity contribution < 1.29 is 32.6 Å². The molecule has 1 aromatic carbocycles. The third-order valence-electron chi connectivity index (χ3n) is 12.0. The Morgan fingerprint density at radius 3 is 2.28 bits per heavy atom. The minimum absolute atomic E-state index is 0.0107. The van der Waals surface area contributed by atoms with E-state index in [9.17, 15) is 27.9 Å². The number of carboxylic acids is 1. The highest BCUT2D eigenvalue weighted by atomic mass is 19.4. The number of hydrogen-bond acceptors (Lipinski definition) is 9. The van der Waals surface area contributed by atoms with Crippen molar-refractivity contribution in [2.24, 2.45) is 23.7 Å². The van der Waals surface area contributed by atoms with Crippen molar-refractivity contribution in [3.63, 3.8) is 0 Å². The lowest BCUT2D eigenvalue weighted by molar-refractivity contribution is -0.163. The molecule has 10 rings (SSSR count). The first-order chi connectivity index (χ1) is 26.1. The quantitative estimate of drug-likeness (QED) is 0.185. The van der Waals surface area contributed by atoms with Crippen LogP contribution in [0, 0.1) is 23.7 Å². The van der Waals surface area contributed by atoms with Gasteiger partial charge in [0.2, 0.25) is 5.95 Å². The summed E-state index contributed by atoms with van der Waals surface area (Å²) < 4.78 is 52.6. The minimum Gasteiger partial charge on any atom is -0.490 e. The van der Waals surface area contributed by atoms with Crippen LogP contribution in [-0.2, 0) is 11.0 Å². The van der Waals surface area contributed by atoms with E-state index in [2.05, 4.69) is 35.1 Å². The second-order valence-corrected chi connectivity index (χ2v) is 15.0. The smallest absolute Gasteiger partial charge is 0.434 e. The van der Waals surface area contributed by atoms with Crippen LogP contribution < -0.4 is 15.0 Å². The fourth-order valence-corrected chi connectivity index (χ4v) is 9.72. The number of piperidine rings is 1. The number of fused-ring (bicyclic) bond motifs is 1. The first-order valence-electron chi connectivity index (χ1n) is 18.3. The molecule has 15 heteroatoms. The predicted octanol–water partition coefficient (Wildman–Crippen LogP) is 6.35. The Balaban J connectivity index is 1.04. The average molecular weight is 739 g/mol. The lowest BCUT2D eigenvalue weighted by Gasteiger charge is -2.59. The van der Waals surface area contributed by atoms with Gasteiger partial charge in [-0.1, -0.05) is 0 Å². The first-order valence-corrected chi connectivity index (χ1v) is 18.3. The average Bonchev–Trinajstić information content (AvgIpc) is 3.55. The van der Waals surface area contributed by atoms with Gasteiger partial charge >= 0.3 is 12.1 Å². The highest BCUT2D eigenvalue weighted by Crippen LogP contribution is 2.58. The van der Waals surface area contributed by atoms with Gasteiger partial charge in [0.15, 0.2) is 5.69 Å². The monoisotopic (exact) mass is 738 g/mol. The SMILES string of the molecule is O=C(NC1(C(=O)O)C2CC3CC(C2)CC1C3)c1ccc(-c2cn(-c3ccncn3)c3cc(OC4CCN(c5ncccn5)CC4)ccc23)nc1C(F)(F)F. The van der Waals surface area contributed by atoms with Crippen LogP contribution in [0.3, 0.4) is 0 Å². The topological polar surface area (TPSA) is 148 Å². The number of anilines is 1. The van der Waals surface area contributed by atoms with Crippen LogP contribution in [0.5, 0.6) is 5.75 Å². The molecule has 5 aromatic rings. The number of aromatic nitrogens is 6. The van der Waals surface area contributed by atoms with Gasteiger partial charge in [-0.2, -0.15) is 13.2 Å². The number of halogens is 3. The summed E-state index contributed by atoms with van der Waals surface area (Å²) in [6.45, 7) is 1.44. The van der Waals surface area contributed by atoms with Crippen molar-refractivity contribution in [2.45, 2.75) is 62.8 Å². The zero-order valence-electron chi connectivity index (χ0n) is 29.1. The van der Waals surface area contributed by atoms with E-state index in [1.807, 2.05) is 6.07 Å². The zero-order chi connectivity index (χ0) is 37.2. The van der Waals surface area contributed by atoms with Gasteiger partial charge in [-0.15, -0.1) is 0 Å². The van der Waals surface area contributed by atoms with Crippen LogP contribution in [0.1, 0.15) is 61.0 Å². The van der Waals surface area contributed by atoms with Gasteiger partial charge in [-0.05, 0) is 92.2 Å². The summed E-state index contributed by atoms with van der Waals surface area (Å²) in [7, 11) is 0. The number of carbonyl (C=O) groups is 2. The summed E-state index contributed by atoms with van der Waals surface area (Å²) >= 11 is 0. The fourth-order valence-electron chi connectivity index (χ4n) is 9.72. The maximum atomic E-state index is 14.8. The van der Waals surface area contributed by atoms with Crippen molar-refractivity contribution in [3.8, 4) is 22.8 Å². The van der Waals surface area contributed by atoms with Gasteiger partial charge in [0.05, 0.1) is 16.8 Å². The number of carboxylic acid groups (broad SMARTS) is 1. The minimum atomic E-state index is -5.00. The largest absolute Gasteiger partial charge is 0.490 e. The molecule has 0 radical (unpaired) electrons. The highest BCUT2D eigenvalue weighted by molar-refractivity contribution is 6.01. The molecule has 1 amide bonds. The van der Waals surface area contributed by atoms with Gasteiger partial charge < -0.3 is 24.6 Å². The number of amides is 1. The molecule has 1 aliphatic heterocycles. The molecule has 5 heterocycles. The third kappa shape index (κ3) is 5.89. The summed E-state index contributed by atoms with van der Waals surface area (Å²) in [5.41, 5.74) is -2.70. The molecule has 2 N–H and O–H groups in total. The first kappa shape index (κ1) is 34.2. The van der Waals surface area contributed by atoms with E-state index in [0.717, 1.165) is 38.4 Å². The van der Waals surface area contributed by atoms with Gasteiger partial charge in [0, 0.05) is 67.7 Å². The summed E-state index contributed by atoms with van der Waals surface area (Å²) in [4.78, 5) is 49.9. The second kappa shape index (κ2) is 13.1. The molecule has 0 atom stereocenters. The van der Waals surface area contributed by atoms with Crippen molar-refractivity contribution in [1.29, 1.82) is 0 Å². The van der Waals surface area contributed by atoms with E-state index in [4.69, 9.17) is 4.74 Å². The van der Waals surface area contributed by atoms with E-state index < -0.39 is 34.8 Å². The van der Waals surface area contributed by atoms with Crippen LogP contribution in [0.15, 0.2) is 73.6 Å². The van der Waals surface area contributed by atoms with Gasteiger partial charge in [0.25, 0.3) is 5.91 Å². The van der Waals surface area contributed by atoms with Crippen molar-refractivity contribution in [1.82, 2.24) is 34.8 Å². The Morgan fingerprint density at radius 2 is 1.63 bits per heavy atom. The Morgan fingerprint density at radius 1 is 0.907 bits per heavy atom. The van der Waals surface area contributed by atoms with Crippen LogP contribution in [0.2, 0.25) is 0 Å². The molecule has 12 nitrogen and oxygen atoms in total. The van der Waals surface area contributed by atoms with Crippen molar-refractivity contribution in [2.75, 3.05) is 18.0 Å². The number of hydrogen-bond donors (Lipinski definition) is 2. The molecule has 0 spiro atoms. The molecular weight excluding hydrogens is 701 g/mol. The Labute approximate surface area is 307 Å². The molecule has 54 heavy (non-hydrogen) atoms. The van der Waals surface area contributed by atoms with Gasteiger partial charge in [-0.3, -0.25) is 4.79 Å². The molecular formula is C39H37F3N8O4. The summed E-state index contributed by atoms with van der Waals surface area (Å²) in [6.07, 6.45) is 8.09. The number of alkyl halides is 3. The molecule has 4 aromatic heterocycles. The van der Waals surface area contributed by atoms with Crippen LogP contribution in [0.4, 0.5) is 19.1 Å². The molecule has 0 unspecified atom stereocenters. The van der Waals surface area contributed by atoms with Crippen molar-refractivity contribution in [3.05, 3.63) is 84.8 Å². The maximum Gasteiger partial charge on any atom is 0.434 e. The number of carbonyl (C=O) groups excluding carboxylic acids is 1. The summed E-state index contributed by atoms with van der Waals surface area (Å²) in [6, 6.07) is 11.3. The standard InChI is InChI=1S/C39H37F3N8O4/c40-39(41,42)34-29(35(51)48-38(36(52)53)24-15-22-14-23(17-24)18-25(38)16-22)4-5-31(47-34)30-20-50(33-6-11-43-21-46-33)32-19-27(2-3-28(30)32)54-26-7-12-49(13-8-26)37-44-9-1-10-45-37/h1-6,9-11,19-26H,7-8,12-18H2,(H,48,51)(H,52,53). The molecule has 278 valence electrons. The third-order valence-corrected chi connectivity index (χ3v) is 12.0. The maximum absolute atomic E-state index is 14.8. The molecule has 4 aliphatic carbocycles. The lowest BCUT2D eigenvalue weighted by Crippen LogP contribution is -2.70. The fraction of sp³-hybridized carbons (Fsp3) is 0.410. The molecule has 5 fully saturated rings. The van der Waals surface area contributed by atoms with Gasteiger partial charge in [-0.25, -0.2) is 29.7 Å². The Bertz CT molecular complexity index is 2200. The van der Waals surface area contributed by atoms with Gasteiger partial charge in [0.1, 0.15) is 29.5 Å². The number of nitrogens with one attached hydrogen (secondary N) is 1.